The van der Waals surface area contributed by atoms with Crippen LogP contribution < -0.4 is 48.3 Å². The average Bonchev–Trinajstić information content (AvgIpc) is 3.28. The highest BCUT2D eigenvalue weighted by atomic mass is 16.4. The zero-order valence-corrected chi connectivity index (χ0v) is 40.8. The Labute approximate surface area is 401 Å². The molecular formula is C45H73N9O15. The van der Waals surface area contributed by atoms with Crippen LogP contribution in [0.3, 0.4) is 0 Å². The van der Waals surface area contributed by atoms with E-state index >= 15 is 0 Å². The summed E-state index contributed by atoms with van der Waals surface area (Å²) in [4.78, 5) is 131. The predicted octanol–water partition coefficient (Wildman–Crippen LogP) is -2.50. The molecule has 0 aliphatic rings. The molecule has 1 aromatic carbocycles. The molecule has 0 spiro atoms. The van der Waals surface area contributed by atoms with Gasteiger partial charge in [0.1, 0.15) is 54.1 Å². The number of aromatic hydroxyl groups is 1. The first-order valence-corrected chi connectivity index (χ1v) is 22.8. The molecule has 0 saturated carbocycles. The molecule has 0 heterocycles. The molecule has 0 aliphatic carbocycles. The monoisotopic (exact) mass is 980 g/mol. The lowest BCUT2D eigenvalue weighted by molar-refractivity contribution is -0.144. The molecule has 0 fully saturated rings. The number of carbonyl (C=O) groups is 10. The van der Waals surface area contributed by atoms with E-state index in [1.165, 1.54) is 52.0 Å². The number of hydrogen-bond acceptors (Lipinski definition) is 14. The first kappa shape index (κ1) is 60.6. The number of carboxylic acid groups (broad SMARTS) is 2. The standard InChI is InChI=1S/C45H73N9O15/c1-11-22(7)32(46)41(64)47-24(9)37(60)54-36(25(10)56)44(67)52-33(20(3)4)42(65)49-29(18-31(58)59)38(61)50-30(19-55)40(63)48-28(17-26-13-15-27(57)16-14-26)39(62)51-34(21(5)6)43(66)53-35(45(68)69)23(8)12-2/h13-16,20-25,28-30,32-36,55-57H,11-12,17-19,46H2,1-10H3,(H,47,64)(H,48,63)(H,49,65)(H,50,61)(H,51,62)(H,52,67)(H,53,66)(H,54,60)(H,58,59)(H,68,69)/t22-,23-,24-,25+,28-,29-,30-,32-,33-,34-,35-,36-/m0/s1. The minimum Gasteiger partial charge on any atom is -0.508 e. The van der Waals surface area contributed by atoms with Crippen LogP contribution in [0.4, 0.5) is 0 Å². The smallest absolute Gasteiger partial charge is 0.326 e. The van der Waals surface area contributed by atoms with Crippen molar-refractivity contribution in [2.75, 3.05) is 6.61 Å². The second-order valence-corrected chi connectivity index (χ2v) is 17.9. The summed E-state index contributed by atoms with van der Waals surface area (Å²) in [5, 5.41) is 68.8. The van der Waals surface area contributed by atoms with Crippen LogP contribution in [0.15, 0.2) is 24.3 Å². The molecule has 1 aromatic rings. The Morgan fingerprint density at radius 3 is 1.41 bits per heavy atom. The Bertz CT molecular complexity index is 1950. The third-order valence-corrected chi connectivity index (χ3v) is 11.5. The summed E-state index contributed by atoms with van der Waals surface area (Å²) in [6, 6.07) is -7.83. The minimum atomic E-state index is -1.94. The van der Waals surface area contributed by atoms with Crippen molar-refractivity contribution in [3.8, 4) is 5.75 Å². The van der Waals surface area contributed by atoms with Crippen LogP contribution in [0, 0.1) is 23.7 Å². The summed E-state index contributed by atoms with van der Waals surface area (Å²) in [7, 11) is 0. The molecule has 0 unspecified atom stereocenters. The second kappa shape index (κ2) is 28.8. The van der Waals surface area contributed by atoms with Crippen LogP contribution in [-0.2, 0) is 54.4 Å². The summed E-state index contributed by atoms with van der Waals surface area (Å²) in [6.45, 7) is 14.5. The Kier molecular flexibility index (Phi) is 25.3. The highest BCUT2D eigenvalue weighted by Crippen LogP contribution is 2.14. The topological polar surface area (TPSA) is 394 Å². The molecule has 0 bridgehead atoms. The molecule has 1 rings (SSSR count). The van der Waals surface area contributed by atoms with Crippen molar-refractivity contribution in [1.82, 2.24) is 42.5 Å². The SMILES string of the molecule is CC[C@H](C)[C@H](N)C(=O)N[C@@H](C)C(=O)N[C@H](C(=O)N[C@H](C(=O)N[C@@H](CC(=O)O)C(=O)N[C@@H](CO)C(=O)N[C@@H](Cc1ccc(O)cc1)C(=O)N[C@H](C(=O)N[C@H](C(=O)O)[C@@H](C)CC)C(C)C)C(C)C)[C@@H](C)O. The number of amides is 8. The van der Waals surface area contributed by atoms with E-state index in [1.54, 1.807) is 34.6 Å². The predicted molar refractivity (Wildman–Crippen MR) is 248 cm³/mol. The van der Waals surface area contributed by atoms with Crippen molar-refractivity contribution in [3.63, 3.8) is 0 Å². The number of carboxylic acids is 2. The van der Waals surface area contributed by atoms with Gasteiger partial charge in [-0.15, -0.1) is 0 Å². The maximum absolute atomic E-state index is 13.9. The Morgan fingerprint density at radius 1 is 0.522 bits per heavy atom. The number of aliphatic hydroxyl groups is 2. The van der Waals surface area contributed by atoms with E-state index in [0.29, 0.717) is 18.4 Å². The van der Waals surface area contributed by atoms with Crippen LogP contribution in [0.25, 0.3) is 0 Å². The van der Waals surface area contributed by atoms with Gasteiger partial charge in [0.15, 0.2) is 0 Å². The van der Waals surface area contributed by atoms with Crippen molar-refractivity contribution in [1.29, 1.82) is 0 Å². The van der Waals surface area contributed by atoms with Crippen molar-refractivity contribution in [2.24, 2.45) is 29.4 Å². The Hall–Kier alpha value is -6.40. The minimum absolute atomic E-state index is 0.118. The third kappa shape index (κ3) is 19.6. The van der Waals surface area contributed by atoms with E-state index in [0.717, 1.165) is 0 Å². The number of phenolic OH excluding ortho intramolecular Hbond substituents is 1. The molecule has 24 nitrogen and oxygen atoms in total. The van der Waals surface area contributed by atoms with E-state index in [9.17, 15) is 73.5 Å². The first-order valence-electron chi connectivity index (χ1n) is 22.8. The van der Waals surface area contributed by atoms with Gasteiger partial charge in [-0.05, 0) is 55.2 Å². The van der Waals surface area contributed by atoms with Gasteiger partial charge >= 0.3 is 11.9 Å². The van der Waals surface area contributed by atoms with Crippen LogP contribution in [-0.4, -0.2) is 152 Å². The number of nitrogens with one attached hydrogen (secondary N) is 8. The van der Waals surface area contributed by atoms with E-state index in [1.807, 2.05) is 6.92 Å². The van der Waals surface area contributed by atoms with Gasteiger partial charge in [0.2, 0.25) is 47.3 Å². The van der Waals surface area contributed by atoms with Crippen molar-refractivity contribution in [2.45, 2.75) is 155 Å². The van der Waals surface area contributed by atoms with E-state index in [-0.39, 0.29) is 18.1 Å². The lowest BCUT2D eigenvalue weighted by Gasteiger charge is -2.29. The first-order chi connectivity index (χ1) is 32.1. The average molecular weight is 980 g/mol. The summed E-state index contributed by atoms with van der Waals surface area (Å²) < 4.78 is 0. The fraction of sp³-hybridized carbons (Fsp3) is 0.644. The molecule has 0 radical (unpaired) electrons. The lowest BCUT2D eigenvalue weighted by atomic mass is 9.97. The molecule has 15 N–H and O–H groups in total. The Balaban J connectivity index is 3.35. The number of nitrogens with two attached hydrogens (primary N) is 1. The highest BCUT2D eigenvalue weighted by Gasteiger charge is 2.37. The van der Waals surface area contributed by atoms with Crippen molar-refractivity contribution >= 4 is 59.2 Å². The summed E-state index contributed by atoms with van der Waals surface area (Å²) in [5.74, 6) is -13.0. The third-order valence-electron chi connectivity index (χ3n) is 11.5. The molecule has 388 valence electrons. The largest absolute Gasteiger partial charge is 0.508 e. The zero-order valence-electron chi connectivity index (χ0n) is 40.8. The number of carbonyl (C=O) groups excluding carboxylic acids is 8. The summed E-state index contributed by atoms with van der Waals surface area (Å²) in [5.41, 5.74) is 6.34. The number of phenols is 1. The molecule has 69 heavy (non-hydrogen) atoms. The molecule has 8 amide bonds. The number of benzene rings is 1. The number of aliphatic hydroxyl groups excluding tert-OH is 2. The molecule has 24 heteroatoms. The van der Waals surface area contributed by atoms with Crippen LogP contribution in [0.5, 0.6) is 5.75 Å². The van der Waals surface area contributed by atoms with Gasteiger partial charge in [0, 0.05) is 6.42 Å². The van der Waals surface area contributed by atoms with Gasteiger partial charge in [-0.25, -0.2) is 4.79 Å². The van der Waals surface area contributed by atoms with E-state index < -0.39 is 150 Å². The number of aliphatic carboxylic acids is 2. The second-order valence-electron chi connectivity index (χ2n) is 17.9. The molecular weight excluding hydrogens is 907 g/mol. The van der Waals surface area contributed by atoms with Gasteiger partial charge < -0.3 is 73.8 Å². The van der Waals surface area contributed by atoms with Crippen LogP contribution >= 0.6 is 0 Å². The maximum atomic E-state index is 13.9. The molecule has 0 aliphatic heterocycles. The fourth-order valence-corrected chi connectivity index (χ4v) is 6.53. The fourth-order valence-electron chi connectivity index (χ4n) is 6.53. The van der Waals surface area contributed by atoms with E-state index in [4.69, 9.17) is 5.73 Å². The normalized spacial score (nSPS) is 16.5. The van der Waals surface area contributed by atoms with Crippen LogP contribution in [0.1, 0.15) is 94.1 Å². The van der Waals surface area contributed by atoms with Gasteiger partial charge in [0.05, 0.1) is 25.2 Å². The Morgan fingerprint density at radius 2 is 0.942 bits per heavy atom. The molecule has 0 saturated heterocycles. The highest BCUT2D eigenvalue weighted by molar-refractivity contribution is 5.99. The summed E-state index contributed by atoms with van der Waals surface area (Å²) in [6.07, 6.45) is -1.90. The summed E-state index contributed by atoms with van der Waals surface area (Å²) >= 11 is 0. The molecule has 0 aromatic heterocycles. The van der Waals surface area contributed by atoms with E-state index in [2.05, 4.69) is 42.5 Å². The van der Waals surface area contributed by atoms with Gasteiger partial charge in [0.25, 0.3) is 0 Å². The van der Waals surface area contributed by atoms with Crippen molar-refractivity contribution < 1.29 is 73.5 Å². The van der Waals surface area contributed by atoms with Crippen LogP contribution in [0.2, 0.25) is 0 Å². The van der Waals surface area contributed by atoms with Gasteiger partial charge in [-0.3, -0.25) is 43.2 Å². The lowest BCUT2D eigenvalue weighted by Crippen LogP contribution is -2.62. The van der Waals surface area contributed by atoms with Gasteiger partial charge in [-0.2, -0.15) is 0 Å². The van der Waals surface area contributed by atoms with Gasteiger partial charge in [-0.1, -0.05) is 80.4 Å². The molecule has 12 atom stereocenters. The number of rotatable bonds is 29. The maximum Gasteiger partial charge on any atom is 0.326 e. The van der Waals surface area contributed by atoms with Crippen molar-refractivity contribution in [3.05, 3.63) is 29.8 Å². The zero-order chi connectivity index (χ0) is 53.0. The number of hydrogen-bond donors (Lipinski definition) is 14. The quantitative estimate of drug-likeness (QED) is 0.0394.